The number of carbonyl (C=O) groups is 1. The quantitative estimate of drug-likeness (QED) is 0.661. The molecule has 8 heteroatoms. The molecular weight excluding hydrogens is 401 g/mol. The highest BCUT2D eigenvalue weighted by atomic mass is 32.1. The Morgan fingerprint density at radius 2 is 1.73 bits per heavy atom. The summed E-state index contributed by atoms with van der Waals surface area (Å²) in [5.74, 6) is 0.0972. The van der Waals surface area contributed by atoms with Gasteiger partial charge < -0.3 is 4.90 Å². The average molecular weight is 430 g/mol. The van der Waals surface area contributed by atoms with Gasteiger partial charge in [-0.05, 0) is 36.2 Å². The molecule has 1 aromatic carbocycles. The van der Waals surface area contributed by atoms with Gasteiger partial charge in [-0.1, -0.05) is 28.8 Å². The van der Waals surface area contributed by atoms with E-state index < -0.39 is 0 Å². The minimum absolute atomic E-state index is 0.0885. The summed E-state index contributed by atoms with van der Waals surface area (Å²) in [6, 6.07) is 6.62. The third kappa shape index (κ3) is 4.94. The molecule has 160 valence electrons. The van der Waals surface area contributed by atoms with Crippen molar-refractivity contribution in [2.45, 2.75) is 18.8 Å². The number of carbonyl (C=O) groups excluding carboxylic acids is 1. The van der Waals surface area contributed by atoms with Crippen molar-refractivity contribution in [3.8, 4) is 0 Å². The minimum atomic E-state index is -0.248. The van der Waals surface area contributed by atoms with Crippen molar-refractivity contribution in [3.05, 3.63) is 58.9 Å². The van der Waals surface area contributed by atoms with Crippen molar-refractivity contribution in [1.82, 2.24) is 24.3 Å². The van der Waals surface area contributed by atoms with Gasteiger partial charge >= 0.3 is 0 Å². The third-order valence-electron chi connectivity index (χ3n) is 6.04. The second kappa shape index (κ2) is 9.32. The lowest BCUT2D eigenvalue weighted by Gasteiger charge is -2.35. The SMILES string of the molecule is C=C(C)CN1CCN(CC(=O)N2C[C@@H](c3ccc(F)cc3)[C@H](c3csnn3)C2)CC1. The summed E-state index contributed by atoms with van der Waals surface area (Å²) >= 11 is 1.32. The first-order valence-electron chi connectivity index (χ1n) is 10.4. The zero-order valence-electron chi connectivity index (χ0n) is 17.3. The van der Waals surface area contributed by atoms with Crippen molar-refractivity contribution < 1.29 is 9.18 Å². The van der Waals surface area contributed by atoms with Crippen molar-refractivity contribution in [1.29, 1.82) is 0 Å². The molecule has 1 aromatic heterocycles. The fourth-order valence-electron chi connectivity index (χ4n) is 4.47. The van der Waals surface area contributed by atoms with Gasteiger partial charge in [0.25, 0.3) is 0 Å². The Morgan fingerprint density at radius 3 is 2.33 bits per heavy atom. The minimum Gasteiger partial charge on any atom is -0.340 e. The van der Waals surface area contributed by atoms with E-state index in [0.29, 0.717) is 19.6 Å². The van der Waals surface area contributed by atoms with Crippen LogP contribution in [-0.2, 0) is 4.79 Å². The smallest absolute Gasteiger partial charge is 0.236 e. The molecule has 1 amide bonds. The van der Waals surface area contributed by atoms with Crippen LogP contribution >= 0.6 is 11.5 Å². The molecular formula is C22H28FN5OS. The number of hydrogen-bond acceptors (Lipinski definition) is 6. The molecule has 0 saturated carbocycles. The number of likely N-dealkylation sites (tertiary alicyclic amines) is 1. The van der Waals surface area contributed by atoms with Crippen LogP contribution in [0.1, 0.15) is 30.0 Å². The van der Waals surface area contributed by atoms with Gasteiger partial charge in [-0.2, -0.15) is 0 Å². The van der Waals surface area contributed by atoms with Crippen LogP contribution in [0.4, 0.5) is 4.39 Å². The Morgan fingerprint density at radius 1 is 1.10 bits per heavy atom. The van der Waals surface area contributed by atoms with E-state index in [1.807, 2.05) is 22.4 Å². The first-order valence-corrected chi connectivity index (χ1v) is 11.2. The molecule has 2 aliphatic rings. The number of amides is 1. The number of rotatable bonds is 6. The molecule has 0 bridgehead atoms. The van der Waals surface area contributed by atoms with E-state index in [4.69, 9.17) is 0 Å². The van der Waals surface area contributed by atoms with Gasteiger partial charge in [0.15, 0.2) is 0 Å². The van der Waals surface area contributed by atoms with Crippen LogP contribution in [0.3, 0.4) is 0 Å². The fraction of sp³-hybridized carbons (Fsp3) is 0.500. The lowest BCUT2D eigenvalue weighted by molar-refractivity contribution is -0.131. The van der Waals surface area contributed by atoms with Gasteiger partial charge in [0, 0.05) is 63.0 Å². The summed E-state index contributed by atoms with van der Waals surface area (Å²) in [5, 5.41) is 6.22. The number of nitrogens with zero attached hydrogens (tertiary/aromatic N) is 5. The highest BCUT2D eigenvalue weighted by Crippen LogP contribution is 2.39. The standard InChI is InChI=1S/C22H28FN5OS/c1-16(2)11-26-7-9-27(10-8-26)14-22(29)28-12-19(17-3-5-18(23)6-4-17)20(13-28)21-15-30-25-24-21/h3-6,15,19-20H,1,7-14H2,2H3/t19-,20+/m0/s1. The van der Waals surface area contributed by atoms with E-state index in [2.05, 4.69) is 32.9 Å². The van der Waals surface area contributed by atoms with Crippen LogP contribution in [0.25, 0.3) is 0 Å². The summed E-state index contributed by atoms with van der Waals surface area (Å²) in [7, 11) is 0. The molecule has 3 heterocycles. The predicted molar refractivity (Wildman–Crippen MR) is 116 cm³/mol. The number of aromatic nitrogens is 2. The van der Waals surface area contributed by atoms with E-state index >= 15 is 0 Å². The summed E-state index contributed by atoms with van der Waals surface area (Å²) in [6.07, 6.45) is 0. The van der Waals surface area contributed by atoms with Crippen LogP contribution in [0.15, 0.2) is 41.8 Å². The Kier molecular flexibility index (Phi) is 6.55. The summed E-state index contributed by atoms with van der Waals surface area (Å²) in [4.78, 5) is 19.6. The number of benzene rings is 1. The van der Waals surface area contributed by atoms with E-state index in [9.17, 15) is 9.18 Å². The average Bonchev–Trinajstić information content (AvgIpc) is 3.39. The third-order valence-corrected chi connectivity index (χ3v) is 6.57. The number of halogens is 1. The van der Waals surface area contributed by atoms with Crippen molar-refractivity contribution in [2.75, 3.05) is 52.4 Å². The highest BCUT2D eigenvalue weighted by molar-refractivity contribution is 7.03. The Hall–Kier alpha value is -2.16. The lowest BCUT2D eigenvalue weighted by Crippen LogP contribution is -2.50. The molecule has 0 spiro atoms. The molecule has 0 unspecified atom stereocenters. The number of piperazine rings is 1. The Labute approximate surface area is 181 Å². The maximum absolute atomic E-state index is 13.4. The van der Waals surface area contributed by atoms with Crippen LogP contribution in [0.5, 0.6) is 0 Å². The predicted octanol–water partition coefficient (Wildman–Crippen LogP) is 2.58. The topological polar surface area (TPSA) is 52.6 Å². The van der Waals surface area contributed by atoms with Gasteiger partial charge in [-0.25, -0.2) is 4.39 Å². The monoisotopic (exact) mass is 429 g/mol. The van der Waals surface area contributed by atoms with Crippen LogP contribution in [-0.4, -0.2) is 82.6 Å². The van der Waals surface area contributed by atoms with Gasteiger partial charge in [0.2, 0.25) is 5.91 Å². The highest BCUT2D eigenvalue weighted by Gasteiger charge is 2.38. The first-order chi connectivity index (χ1) is 14.5. The van der Waals surface area contributed by atoms with Crippen molar-refractivity contribution in [2.24, 2.45) is 0 Å². The maximum atomic E-state index is 13.4. The van der Waals surface area contributed by atoms with E-state index in [1.165, 1.54) is 29.2 Å². The molecule has 2 atom stereocenters. The summed E-state index contributed by atoms with van der Waals surface area (Å²) in [5.41, 5.74) is 3.13. The van der Waals surface area contributed by atoms with Gasteiger partial charge in [-0.15, -0.1) is 5.10 Å². The Bertz CT molecular complexity index is 864. The molecule has 2 fully saturated rings. The molecule has 30 heavy (non-hydrogen) atoms. The second-order valence-electron chi connectivity index (χ2n) is 8.40. The van der Waals surface area contributed by atoms with E-state index in [0.717, 1.165) is 44.0 Å². The summed E-state index contributed by atoms with van der Waals surface area (Å²) < 4.78 is 17.4. The fourth-order valence-corrected chi connectivity index (χ4v) is 4.99. The molecule has 0 N–H and O–H groups in total. The van der Waals surface area contributed by atoms with Crippen LogP contribution < -0.4 is 0 Å². The molecule has 2 aliphatic heterocycles. The van der Waals surface area contributed by atoms with Crippen molar-refractivity contribution >= 4 is 17.4 Å². The summed E-state index contributed by atoms with van der Waals surface area (Å²) in [6.45, 7) is 12.4. The Balaban J connectivity index is 1.40. The van der Waals surface area contributed by atoms with Gasteiger partial charge in [0.1, 0.15) is 5.82 Å². The van der Waals surface area contributed by atoms with Gasteiger partial charge in [0.05, 0.1) is 12.2 Å². The molecule has 2 saturated heterocycles. The van der Waals surface area contributed by atoms with E-state index in [-0.39, 0.29) is 23.6 Å². The number of hydrogen-bond donors (Lipinski definition) is 0. The van der Waals surface area contributed by atoms with Gasteiger partial charge in [-0.3, -0.25) is 14.6 Å². The zero-order chi connectivity index (χ0) is 21.1. The molecule has 4 rings (SSSR count). The normalized spacial score (nSPS) is 23.1. The largest absolute Gasteiger partial charge is 0.340 e. The van der Waals surface area contributed by atoms with Crippen molar-refractivity contribution in [3.63, 3.8) is 0 Å². The maximum Gasteiger partial charge on any atom is 0.236 e. The molecule has 6 nitrogen and oxygen atoms in total. The molecule has 2 aromatic rings. The molecule has 0 radical (unpaired) electrons. The van der Waals surface area contributed by atoms with E-state index in [1.54, 1.807) is 0 Å². The van der Waals surface area contributed by atoms with Crippen LogP contribution in [0, 0.1) is 5.82 Å². The lowest BCUT2D eigenvalue weighted by atomic mass is 9.87. The van der Waals surface area contributed by atoms with Crippen LogP contribution in [0.2, 0.25) is 0 Å². The molecule has 0 aliphatic carbocycles. The second-order valence-corrected chi connectivity index (χ2v) is 9.01. The first kappa shape index (κ1) is 21.1. The zero-order valence-corrected chi connectivity index (χ0v) is 18.2.